The lowest BCUT2D eigenvalue weighted by molar-refractivity contribution is -0.384. The second-order valence-electron chi connectivity index (χ2n) is 6.20. The summed E-state index contributed by atoms with van der Waals surface area (Å²) in [5.74, 6) is -0.836. The Morgan fingerprint density at radius 1 is 1.03 bits per heavy atom. The molecule has 0 unspecified atom stereocenters. The summed E-state index contributed by atoms with van der Waals surface area (Å²) in [4.78, 5) is 22.5. The summed E-state index contributed by atoms with van der Waals surface area (Å²) in [6, 6.07) is 16.9. The molecule has 10 nitrogen and oxygen atoms in total. The van der Waals surface area contributed by atoms with Gasteiger partial charge in [0.15, 0.2) is 0 Å². The van der Waals surface area contributed by atoms with Crippen LogP contribution in [0.5, 0.6) is 5.75 Å². The number of hydrogen-bond acceptors (Lipinski definition) is 7. The van der Waals surface area contributed by atoms with E-state index in [-0.39, 0.29) is 33.1 Å². The average Bonchev–Trinajstić information content (AvgIpc) is 2.75. The van der Waals surface area contributed by atoms with Gasteiger partial charge in [0.05, 0.1) is 16.0 Å². The van der Waals surface area contributed by atoms with Crippen molar-refractivity contribution in [1.29, 1.82) is 0 Å². The van der Waals surface area contributed by atoms with Crippen LogP contribution in [-0.2, 0) is 10.0 Å². The van der Waals surface area contributed by atoms with Gasteiger partial charge in [-0.2, -0.15) is 5.10 Å². The Hall–Kier alpha value is -4.25. The van der Waals surface area contributed by atoms with Gasteiger partial charge in [-0.05, 0) is 42.5 Å². The molecule has 0 saturated carbocycles. The monoisotopic (exact) mass is 440 g/mol. The van der Waals surface area contributed by atoms with E-state index in [0.717, 1.165) is 24.4 Å². The Labute approximate surface area is 177 Å². The maximum Gasteiger partial charge on any atom is 0.271 e. The average molecular weight is 440 g/mol. The fourth-order valence-corrected chi connectivity index (χ4v) is 3.57. The first-order chi connectivity index (χ1) is 14.8. The second-order valence-corrected chi connectivity index (χ2v) is 7.88. The lowest BCUT2D eigenvalue weighted by Gasteiger charge is -2.08. The molecule has 3 aromatic rings. The summed E-state index contributed by atoms with van der Waals surface area (Å²) in [6.07, 6.45) is 1.07. The minimum absolute atomic E-state index is 0.0557. The van der Waals surface area contributed by atoms with Crippen molar-refractivity contribution >= 4 is 33.5 Å². The number of non-ortho nitro benzene ring substituents is 1. The smallest absolute Gasteiger partial charge is 0.271 e. The number of nitro benzene ring substituents is 1. The number of carbonyl (C=O) groups is 1. The van der Waals surface area contributed by atoms with Crippen LogP contribution in [0.4, 0.5) is 11.4 Å². The van der Waals surface area contributed by atoms with Crippen LogP contribution in [0.3, 0.4) is 0 Å². The van der Waals surface area contributed by atoms with Crippen LogP contribution >= 0.6 is 0 Å². The summed E-state index contributed by atoms with van der Waals surface area (Å²) >= 11 is 0. The number of hydrogen-bond donors (Lipinski definition) is 3. The number of rotatable bonds is 7. The molecule has 3 rings (SSSR count). The fourth-order valence-electron chi connectivity index (χ4n) is 2.49. The molecule has 0 atom stereocenters. The highest BCUT2D eigenvalue weighted by Crippen LogP contribution is 2.21. The predicted molar refractivity (Wildman–Crippen MR) is 114 cm³/mol. The van der Waals surface area contributed by atoms with Crippen molar-refractivity contribution in [1.82, 2.24) is 5.43 Å². The van der Waals surface area contributed by atoms with Gasteiger partial charge in [-0.1, -0.05) is 18.2 Å². The Balaban J connectivity index is 1.65. The summed E-state index contributed by atoms with van der Waals surface area (Å²) in [7, 11) is -3.75. The number of nitrogens with zero attached hydrogens (tertiary/aromatic N) is 2. The number of nitrogens with one attached hydrogen (secondary N) is 2. The van der Waals surface area contributed by atoms with Gasteiger partial charge in [-0.15, -0.1) is 0 Å². The van der Waals surface area contributed by atoms with Gasteiger partial charge in [0.1, 0.15) is 5.75 Å². The molecule has 158 valence electrons. The number of sulfonamides is 1. The number of benzene rings is 3. The first kappa shape index (κ1) is 21.5. The number of aromatic hydroxyl groups is 1. The van der Waals surface area contributed by atoms with Crippen molar-refractivity contribution < 1.29 is 23.2 Å². The van der Waals surface area contributed by atoms with Crippen LogP contribution < -0.4 is 10.1 Å². The molecular weight excluding hydrogens is 424 g/mol. The van der Waals surface area contributed by atoms with E-state index in [4.69, 9.17) is 0 Å². The van der Waals surface area contributed by atoms with Gasteiger partial charge < -0.3 is 5.11 Å². The molecule has 31 heavy (non-hydrogen) atoms. The van der Waals surface area contributed by atoms with Gasteiger partial charge in [-0.25, -0.2) is 13.8 Å². The molecule has 0 aliphatic heterocycles. The molecule has 0 saturated heterocycles. The molecule has 0 radical (unpaired) electrons. The maximum absolute atomic E-state index is 12.3. The molecule has 0 aliphatic rings. The number of nitro groups is 1. The van der Waals surface area contributed by atoms with E-state index in [1.165, 1.54) is 36.4 Å². The van der Waals surface area contributed by atoms with Crippen molar-refractivity contribution in [3.05, 3.63) is 94.0 Å². The fraction of sp³-hybridized carbons (Fsp3) is 0. The Bertz CT molecular complexity index is 1240. The van der Waals surface area contributed by atoms with E-state index in [9.17, 15) is 28.4 Å². The van der Waals surface area contributed by atoms with Gasteiger partial charge in [0.25, 0.3) is 21.6 Å². The van der Waals surface area contributed by atoms with Crippen molar-refractivity contribution in [3.8, 4) is 5.75 Å². The molecule has 0 fully saturated rings. The van der Waals surface area contributed by atoms with E-state index in [2.05, 4.69) is 15.2 Å². The number of hydrazone groups is 1. The molecule has 0 aromatic heterocycles. The summed E-state index contributed by atoms with van der Waals surface area (Å²) < 4.78 is 27.0. The highest BCUT2D eigenvalue weighted by molar-refractivity contribution is 7.92. The Morgan fingerprint density at radius 2 is 1.71 bits per heavy atom. The molecule has 1 amide bonds. The zero-order chi connectivity index (χ0) is 22.4. The largest absolute Gasteiger partial charge is 0.507 e. The number of phenols is 1. The Morgan fingerprint density at radius 3 is 2.35 bits per heavy atom. The highest BCUT2D eigenvalue weighted by Gasteiger charge is 2.14. The Kier molecular flexibility index (Phi) is 6.26. The van der Waals surface area contributed by atoms with E-state index in [1.807, 2.05) is 0 Å². The van der Waals surface area contributed by atoms with Gasteiger partial charge in [0, 0.05) is 28.9 Å². The molecule has 0 heterocycles. The number of amides is 1. The third-order valence-electron chi connectivity index (χ3n) is 4.04. The van der Waals surface area contributed by atoms with E-state index >= 15 is 0 Å². The SMILES string of the molecule is O=C(N/N=C/c1cc([N+](=O)[O-])ccc1O)c1ccc(NS(=O)(=O)c2ccccc2)cc1. The van der Waals surface area contributed by atoms with E-state index in [1.54, 1.807) is 18.2 Å². The zero-order valence-electron chi connectivity index (χ0n) is 15.8. The minimum Gasteiger partial charge on any atom is -0.507 e. The molecule has 3 N–H and O–H groups in total. The molecule has 0 aliphatic carbocycles. The summed E-state index contributed by atoms with van der Waals surface area (Å²) in [6.45, 7) is 0. The van der Waals surface area contributed by atoms with Crippen molar-refractivity contribution in [2.45, 2.75) is 4.90 Å². The van der Waals surface area contributed by atoms with Crippen LogP contribution in [-0.4, -0.2) is 30.6 Å². The molecule has 0 bridgehead atoms. The number of anilines is 1. The molecule has 3 aromatic carbocycles. The third kappa shape index (κ3) is 5.42. The first-order valence-corrected chi connectivity index (χ1v) is 10.2. The maximum atomic E-state index is 12.3. The molecule has 11 heteroatoms. The van der Waals surface area contributed by atoms with Gasteiger partial charge >= 0.3 is 0 Å². The standard InChI is InChI=1S/C20H16N4O6S/c25-19-11-10-17(24(27)28)12-15(19)13-21-22-20(26)14-6-8-16(9-7-14)23-31(29,30)18-4-2-1-3-5-18/h1-13,23,25H,(H,22,26)/b21-13+. The van der Waals surface area contributed by atoms with Crippen molar-refractivity contribution in [2.75, 3.05) is 4.72 Å². The van der Waals surface area contributed by atoms with Crippen LogP contribution in [0.15, 0.2) is 82.8 Å². The lowest BCUT2D eigenvalue weighted by Crippen LogP contribution is -2.18. The number of carbonyl (C=O) groups excluding carboxylic acids is 1. The van der Waals surface area contributed by atoms with E-state index in [0.29, 0.717) is 0 Å². The quantitative estimate of drug-likeness (QED) is 0.292. The van der Waals surface area contributed by atoms with Crippen LogP contribution in [0.1, 0.15) is 15.9 Å². The van der Waals surface area contributed by atoms with Crippen LogP contribution in [0, 0.1) is 10.1 Å². The summed E-state index contributed by atoms with van der Waals surface area (Å²) in [5.41, 5.74) is 2.51. The van der Waals surface area contributed by atoms with Crippen LogP contribution in [0.2, 0.25) is 0 Å². The van der Waals surface area contributed by atoms with Gasteiger partial charge in [0.2, 0.25) is 0 Å². The summed E-state index contributed by atoms with van der Waals surface area (Å²) in [5, 5.41) is 24.2. The lowest BCUT2D eigenvalue weighted by atomic mass is 10.2. The highest BCUT2D eigenvalue weighted by atomic mass is 32.2. The topological polar surface area (TPSA) is 151 Å². The second kappa shape index (κ2) is 9.05. The van der Waals surface area contributed by atoms with Crippen molar-refractivity contribution in [3.63, 3.8) is 0 Å². The van der Waals surface area contributed by atoms with Crippen LogP contribution in [0.25, 0.3) is 0 Å². The van der Waals surface area contributed by atoms with E-state index < -0.39 is 20.9 Å². The van der Waals surface area contributed by atoms with Crippen molar-refractivity contribution in [2.24, 2.45) is 5.10 Å². The number of phenolic OH excluding ortho intramolecular Hbond substituents is 1. The predicted octanol–water partition coefficient (Wildman–Crippen LogP) is 2.87. The molecular formula is C20H16N4O6S. The molecule has 0 spiro atoms. The zero-order valence-corrected chi connectivity index (χ0v) is 16.6. The normalized spacial score (nSPS) is 11.2. The van der Waals surface area contributed by atoms with Gasteiger partial charge in [-0.3, -0.25) is 19.6 Å². The first-order valence-electron chi connectivity index (χ1n) is 8.75. The minimum atomic E-state index is -3.75. The third-order valence-corrected chi connectivity index (χ3v) is 5.44.